The zero-order valence-electron chi connectivity index (χ0n) is 17.4. The van der Waals surface area contributed by atoms with Crippen LogP contribution in [0.25, 0.3) is 0 Å². The summed E-state index contributed by atoms with van der Waals surface area (Å²) in [6, 6.07) is 5.95. The minimum Gasteiger partial charge on any atom is -0.508 e. The van der Waals surface area contributed by atoms with Crippen molar-refractivity contribution < 1.29 is 14.6 Å². The molecule has 4 nitrogen and oxygen atoms in total. The molecule has 1 N–H and O–H groups in total. The number of carbonyl (C=O) groups excluding carboxylic acids is 1. The molecule has 5 atom stereocenters. The van der Waals surface area contributed by atoms with E-state index < -0.39 is 0 Å². The number of ether oxygens (including phenoxy) is 1. The number of phenols is 1. The summed E-state index contributed by atoms with van der Waals surface area (Å²) < 4.78 is 6.14. The lowest BCUT2D eigenvalue weighted by Crippen LogP contribution is -2.45. The molecule has 154 valence electrons. The Hall–Kier alpha value is -2.23. The molecule has 0 spiro atoms. The molecule has 0 bridgehead atoms. The zero-order chi connectivity index (χ0) is 20.2. The summed E-state index contributed by atoms with van der Waals surface area (Å²) in [4.78, 5) is 14.8. The predicted octanol–water partition coefficient (Wildman–Crippen LogP) is 4.55. The van der Waals surface area contributed by atoms with Gasteiger partial charge in [-0.1, -0.05) is 13.0 Å². The Balaban J connectivity index is 1.34. The summed E-state index contributed by atoms with van der Waals surface area (Å²) in [6.45, 7) is 2.99. The number of fused-ring (bicyclic) bond motifs is 5. The fraction of sp³-hybridized carbons (Fsp3) is 0.560. The van der Waals surface area contributed by atoms with E-state index in [1.807, 2.05) is 42.4 Å². The molecule has 1 aromatic carbocycles. The first-order valence-corrected chi connectivity index (χ1v) is 11.1. The van der Waals surface area contributed by atoms with E-state index in [-0.39, 0.29) is 17.5 Å². The predicted molar refractivity (Wildman–Crippen MR) is 112 cm³/mol. The van der Waals surface area contributed by atoms with Crippen molar-refractivity contribution in [1.29, 1.82) is 0 Å². The van der Waals surface area contributed by atoms with Gasteiger partial charge >= 0.3 is 5.97 Å². The summed E-state index contributed by atoms with van der Waals surface area (Å²) in [5, 5.41) is 9.86. The van der Waals surface area contributed by atoms with Gasteiger partial charge in [-0.3, -0.25) is 0 Å². The van der Waals surface area contributed by atoms with Crippen LogP contribution in [0.1, 0.15) is 56.1 Å². The van der Waals surface area contributed by atoms with Crippen LogP contribution in [0.3, 0.4) is 0 Å². The highest BCUT2D eigenvalue weighted by Gasteiger charge is 2.56. The van der Waals surface area contributed by atoms with Crippen molar-refractivity contribution in [1.82, 2.24) is 4.90 Å². The molecule has 4 heteroatoms. The van der Waals surface area contributed by atoms with Crippen LogP contribution in [0.2, 0.25) is 0 Å². The topological polar surface area (TPSA) is 49.8 Å². The van der Waals surface area contributed by atoms with E-state index in [4.69, 9.17) is 4.74 Å². The Kier molecular flexibility index (Phi) is 4.49. The number of esters is 1. The van der Waals surface area contributed by atoms with Crippen molar-refractivity contribution in [3.8, 4) is 5.75 Å². The molecule has 1 aliphatic heterocycles. The Bertz CT molecular complexity index is 888. The van der Waals surface area contributed by atoms with Gasteiger partial charge in [-0.2, -0.15) is 0 Å². The quantitative estimate of drug-likeness (QED) is 0.749. The maximum atomic E-state index is 12.8. The van der Waals surface area contributed by atoms with E-state index in [0.29, 0.717) is 30.0 Å². The first-order chi connectivity index (χ1) is 14.0. The Morgan fingerprint density at radius 3 is 2.93 bits per heavy atom. The zero-order valence-corrected chi connectivity index (χ0v) is 17.4. The van der Waals surface area contributed by atoms with Crippen molar-refractivity contribution in [3.63, 3.8) is 0 Å². The van der Waals surface area contributed by atoms with Crippen LogP contribution >= 0.6 is 0 Å². The number of carbonyl (C=O) groups is 1. The lowest BCUT2D eigenvalue weighted by Gasteiger charge is -2.50. The van der Waals surface area contributed by atoms with Gasteiger partial charge in [0.25, 0.3) is 0 Å². The van der Waals surface area contributed by atoms with Crippen molar-refractivity contribution in [2.75, 3.05) is 13.6 Å². The van der Waals surface area contributed by atoms with E-state index >= 15 is 0 Å². The standard InChI is InChI=1S/C25H31NO3/c1-25-12-11-20-19-8-6-18(27)14-16(19)5-7-21(20)22(25)9-10-23(25)29-24(28)17-4-3-13-26(2)15-17/h3-4,6,8,13-14,20-23,27H,5,7,9-12,15H2,1-2H3/t20-,21-,22+,23+,25+/m1/s1. The molecular formula is C25H31NO3. The van der Waals surface area contributed by atoms with Gasteiger partial charge in [0.1, 0.15) is 11.9 Å². The van der Waals surface area contributed by atoms with Crippen LogP contribution < -0.4 is 0 Å². The molecule has 3 aliphatic carbocycles. The molecule has 5 rings (SSSR count). The largest absolute Gasteiger partial charge is 0.508 e. The van der Waals surface area contributed by atoms with Crippen molar-refractivity contribution >= 4 is 5.97 Å². The number of hydrogen-bond donors (Lipinski definition) is 1. The summed E-state index contributed by atoms with van der Waals surface area (Å²) in [5.74, 6) is 2.11. The first kappa shape index (κ1) is 18.8. The molecule has 4 aliphatic rings. The van der Waals surface area contributed by atoms with Gasteiger partial charge in [0.15, 0.2) is 0 Å². The van der Waals surface area contributed by atoms with Gasteiger partial charge in [0.2, 0.25) is 0 Å². The molecule has 0 saturated heterocycles. The van der Waals surface area contributed by atoms with Crippen LogP contribution in [0, 0.1) is 17.3 Å². The minimum atomic E-state index is -0.139. The molecule has 0 radical (unpaired) electrons. The second-order valence-electron chi connectivity index (χ2n) is 9.76. The molecule has 0 unspecified atom stereocenters. The van der Waals surface area contributed by atoms with Gasteiger partial charge in [-0.05, 0) is 97.9 Å². The SMILES string of the molecule is CN1C=CC=C(C(=O)O[C@H]2CC[C@H]3[C@@H]4CCc5cc(O)ccc5[C@H]4CC[C@]23C)C1. The highest BCUT2D eigenvalue weighted by molar-refractivity contribution is 5.89. The number of aryl methyl sites for hydroxylation is 1. The molecule has 29 heavy (non-hydrogen) atoms. The first-order valence-electron chi connectivity index (χ1n) is 11.1. The van der Waals surface area contributed by atoms with Gasteiger partial charge < -0.3 is 14.7 Å². The van der Waals surface area contributed by atoms with Gasteiger partial charge in [0.05, 0.1) is 5.57 Å². The lowest BCUT2D eigenvalue weighted by molar-refractivity contribution is -0.153. The number of likely N-dealkylation sites (N-methyl/N-ethyl adjacent to an activating group) is 1. The summed E-state index contributed by atoms with van der Waals surface area (Å²) >= 11 is 0. The average molecular weight is 394 g/mol. The smallest absolute Gasteiger partial charge is 0.336 e. The highest BCUT2D eigenvalue weighted by atomic mass is 16.5. The van der Waals surface area contributed by atoms with E-state index in [9.17, 15) is 9.90 Å². The Morgan fingerprint density at radius 1 is 1.24 bits per heavy atom. The molecular weight excluding hydrogens is 362 g/mol. The minimum absolute atomic E-state index is 0.0271. The highest BCUT2D eigenvalue weighted by Crippen LogP contribution is 2.61. The maximum Gasteiger partial charge on any atom is 0.336 e. The van der Waals surface area contributed by atoms with E-state index in [1.165, 1.54) is 17.5 Å². The van der Waals surface area contributed by atoms with Gasteiger partial charge in [-0.15, -0.1) is 0 Å². The summed E-state index contributed by atoms with van der Waals surface area (Å²) in [7, 11) is 1.98. The fourth-order valence-corrected chi connectivity index (χ4v) is 6.73. The number of aromatic hydroxyl groups is 1. The third kappa shape index (κ3) is 3.08. The number of phenolic OH excluding ortho intramolecular Hbond substituents is 1. The molecule has 0 amide bonds. The average Bonchev–Trinajstić information content (AvgIpc) is 3.04. The number of hydrogen-bond acceptors (Lipinski definition) is 4. The maximum absolute atomic E-state index is 12.8. The third-order valence-electron chi connectivity index (χ3n) is 8.19. The van der Waals surface area contributed by atoms with E-state index in [1.54, 1.807) is 0 Å². The lowest BCUT2D eigenvalue weighted by atomic mass is 9.55. The van der Waals surface area contributed by atoms with Crippen LogP contribution in [0.5, 0.6) is 5.75 Å². The monoisotopic (exact) mass is 393 g/mol. The normalized spacial score (nSPS) is 35.4. The summed E-state index contributed by atoms with van der Waals surface area (Å²) in [5.41, 5.74) is 3.62. The molecule has 1 heterocycles. The van der Waals surface area contributed by atoms with Crippen molar-refractivity contribution in [2.45, 2.75) is 57.5 Å². The number of rotatable bonds is 2. The number of nitrogens with zero attached hydrogens (tertiary/aromatic N) is 1. The molecule has 2 saturated carbocycles. The van der Waals surface area contributed by atoms with E-state index in [0.717, 1.165) is 37.7 Å². The molecule has 1 aromatic rings. The number of benzene rings is 1. The Labute approximate surface area is 173 Å². The molecule has 2 fully saturated rings. The third-order valence-corrected chi connectivity index (χ3v) is 8.19. The summed E-state index contributed by atoms with van der Waals surface area (Å²) in [6.07, 6.45) is 12.4. The number of allylic oxidation sites excluding steroid dienone is 2. The van der Waals surface area contributed by atoms with E-state index in [2.05, 4.69) is 13.0 Å². The van der Waals surface area contributed by atoms with Crippen LogP contribution in [0.4, 0.5) is 0 Å². The van der Waals surface area contributed by atoms with Gasteiger partial charge in [-0.25, -0.2) is 4.79 Å². The van der Waals surface area contributed by atoms with Crippen LogP contribution in [-0.2, 0) is 16.0 Å². The van der Waals surface area contributed by atoms with Gasteiger partial charge in [0, 0.05) is 19.0 Å². The van der Waals surface area contributed by atoms with Crippen LogP contribution in [0.15, 0.2) is 42.1 Å². The second-order valence-corrected chi connectivity index (χ2v) is 9.76. The van der Waals surface area contributed by atoms with Crippen LogP contribution in [-0.4, -0.2) is 35.7 Å². The molecule has 0 aromatic heterocycles. The van der Waals surface area contributed by atoms with Crippen molar-refractivity contribution in [3.05, 3.63) is 53.3 Å². The Morgan fingerprint density at radius 2 is 2.10 bits per heavy atom. The van der Waals surface area contributed by atoms with Crippen molar-refractivity contribution in [2.24, 2.45) is 17.3 Å². The second kappa shape index (κ2) is 6.93. The fourth-order valence-electron chi connectivity index (χ4n) is 6.73.